The lowest BCUT2D eigenvalue weighted by atomic mass is 9.94. The fraction of sp³-hybridized carbons (Fsp3) is 0.265. The second kappa shape index (κ2) is 15.7. The Morgan fingerprint density at radius 1 is 0.959 bits per heavy atom. The van der Waals surface area contributed by atoms with E-state index in [0.717, 1.165) is 59.6 Å². The van der Waals surface area contributed by atoms with Crippen molar-refractivity contribution in [3.8, 4) is 0 Å². The largest absolute Gasteiger partial charge is 0.490 e. The standard InChI is InChI=1S/C32H32ClN7O2.C2HF3O2/c33-27-19-34-31-36-25-10-4-6-21(16-25)11-12-23-18-26(35-30(27)39-31)13-14-28(23)38-29(41)17-22-7-5-15-40(20-22)32(42)37-24-8-2-1-3-9-24;3-2(4,5)1(6)7/h1-4,6,8-10,13-14,16,18-19,22H,5,7,11-12,15,17,20H2,(H,37,42)(H,38,41)(H2,34,35,36,39);(H,6,7)/t22-;/m1./s1. The fourth-order valence-corrected chi connectivity index (χ4v) is 5.61. The molecule has 6 bridgehead atoms. The molecule has 4 aromatic rings. The first-order valence-electron chi connectivity index (χ1n) is 15.4. The summed E-state index contributed by atoms with van der Waals surface area (Å²) in [5.74, 6) is -1.78. The zero-order valence-electron chi connectivity index (χ0n) is 26.1. The lowest BCUT2D eigenvalue weighted by Gasteiger charge is -2.32. The summed E-state index contributed by atoms with van der Waals surface area (Å²) in [6.07, 6.45) is 0.117. The number of aromatic nitrogens is 2. The topological polar surface area (TPSA) is 149 Å². The van der Waals surface area contributed by atoms with Crippen molar-refractivity contribution in [1.82, 2.24) is 14.9 Å². The number of hydrogen-bond donors (Lipinski definition) is 5. The van der Waals surface area contributed by atoms with Crippen molar-refractivity contribution >= 4 is 64.0 Å². The Morgan fingerprint density at radius 2 is 1.71 bits per heavy atom. The molecule has 49 heavy (non-hydrogen) atoms. The number of urea groups is 1. The van der Waals surface area contributed by atoms with E-state index in [9.17, 15) is 22.8 Å². The molecule has 5 N–H and O–H groups in total. The Morgan fingerprint density at radius 3 is 2.47 bits per heavy atom. The maximum absolute atomic E-state index is 13.3. The first-order valence-corrected chi connectivity index (χ1v) is 15.8. The molecule has 3 aromatic carbocycles. The summed E-state index contributed by atoms with van der Waals surface area (Å²) < 4.78 is 31.7. The van der Waals surface area contributed by atoms with Gasteiger partial charge >= 0.3 is 18.2 Å². The Labute approximate surface area is 284 Å². The van der Waals surface area contributed by atoms with Gasteiger partial charge < -0.3 is 31.3 Å². The number of aryl methyl sites for hydroxylation is 2. The summed E-state index contributed by atoms with van der Waals surface area (Å²) >= 11 is 6.40. The van der Waals surface area contributed by atoms with Crippen LogP contribution in [0.4, 0.5) is 52.5 Å². The minimum absolute atomic E-state index is 0.0557. The number of amides is 3. The molecule has 0 spiro atoms. The Hall–Kier alpha value is -5.37. The highest BCUT2D eigenvalue weighted by molar-refractivity contribution is 6.32. The second-order valence-corrected chi connectivity index (χ2v) is 11.9. The van der Waals surface area contributed by atoms with Gasteiger partial charge in [-0.2, -0.15) is 18.2 Å². The van der Waals surface area contributed by atoms with Crippen molar-refractivity contribution in [2.75, 3.05) is 34.4 Å². The monoisotopic (exact) mass is 695 g/mol. The van der Waals surface area contributed by atoms with E-state index in [1.54, 1.807) is 11.1 Å². The smallest absolute Gasteiger partial charge is 0.475 e. The predicted molar refractivity (Wildman–Crippen MR) is 181 cm³/mol. The molecule has 11 nitrogen and oxygen atoms in total. The Balaban J connectivity index is 0.000000606. The first kappa shape index (κ1) is 35.0. The van der Waals surface area contributed by atoms with Gasteiger partial charge in [0.25, 0.3) is 0 Å². The first-order chi connectivity index (χ1) is 23.4. The van der Waals surface area contributed by atoms with Crippen LogP contribution in [0.1, 0.15) is 30.4 Å². The van der Waals surface area contributed by atoms with Crippen LogP contribution in [0.2, 0.25) is 5.02 Å². The molecule has 1 atom stereocenters. The minimum Gasteiger partial charge on any atom is -0.475 e. The lowest BCUT2D eigenvalue weighted by molar-refractivity contribution is -0.192. The van der Waals surface area contributed by atoms with Gasteiger partial charge in [0.1, 0.15) is 5.02 Å². The van der Waals surface area contributed by atoms with Crippen LogP contribution < -0.4 is 21.3 Å². The van der Waals surface area contributed by atoms with Crippen LogP contribution in [0.15, 0.2) is 79.0 Å². The van der Waals surface area contributed by atoms with Gasteiger partial charge in [-0.3, -0.25) is 4.79 Å². The van der Waals surface area contributed by atoms with Crippen molar-refractivity contribution in [2.45, 2.75) is 38.3 Å². The van der Waals surface area contributed by atoms with Crippen LogP contribution in [-0.4, -0.2) is 57.1 Å². The molecule has 1 aromatic heterocycles. The van der Waals surface area contributed by atoms with Crippen LogP contribution in [-0.2, 0) is 22.4 Å². The van der Waals surface area contributed by atoms with Crippen molar-refractivity contribution in [3.63, 3.8) is 0 Å². The fourth-order valence-electron chi connectivity index (χ4n) is 5.47. The third-order valence-corrected chi connectivity index (χ3v) is 8.08. The van der Waals surface area contributed by atoms with Crippen LogP contribution in [0.3, 0.4) is 0 Å². The number of piperidine rings is 1. The predicted octanol–water partition coefficient (Wildman–Crippen LogP) is 7.62. The molecule has 1 saturated heterocycles. The molecule has 2 aliphatic heterocycles. The number of alkyl halides is 3. The number of benzene rings is 3. The number of hydrogen-bond acceptors (Lipinski definition) is 7. The van der Waals surface area contributed by atoms with Crippen LogP contribution in [0.25, 0.3) is 0 Å². The molecular formula is C34H33ClF3N7O4. The number of carbonyl (C=O) groups excluding carboxylic acids is 2. The summed E-state index contributed by atoms with van der Waals surface area (Å²) in [5.41, 5.74) is 5.40. The molecular weight excluding hydrogens is 663 g/mol. The summed E-state index contributed by atoms with van der Waals surface area (Å²) in [6.45, 7) is 1.23. The number of para-hydroxylation sites is 1. The third-order valence-electron chi connectivity index (χ3n) is 7.80. The van der Waals surface area contributed by atoms with E-state index < -0.39 is 12.1 Å². The maximum atomic E-state index is 13.3. The van der Waals surface area contributed by atoms with Gasteiger partial charge in [-0.1, -0.05) is 41.9 Å². The third kappa shape index (κ3) is 10.1. The number of carboxylic acids is 1. The van der Waals surface area contributed by atoms with Gasteiger partial charge in [0, 0.05) is 42.3 Å². The van der Waals surface area contributed by atoms with E-state index in [1.165, 1.54) is 0 Å². The number of halogens is 4. The normalized spacial score (nSPS) is 15.3. The highest BCUT2D eigenvalue weighted by Crippen LogP contribution is 2.30. The summed E-state index contributed by atoms with van der Waals surface area (Å²) in [4.78, 5) is 45.6. The Bertz CT molecular complexity index is 1810. The van der Waals surface area contributed by atoms with E-state index in [1.807, 2.05) is 60.7 Å². The van der Waals surface area contributed by atoms with Crippen LogP contribution in [0, 0.1) is 5.92 Å². The highest BCUT2D eigenvalue weighted by atomic mass is 35.5. The van der Waals surface area contributed by atoms with Gasteiger partial charge in [0.05, 0.1) is 6.20 Å². The van der Waals surface area contributed by atoms with Crippen molar-refractivity contribution in [1.29, 1.82) is 0 Å². The Kier molecular flexibility index (Phi) is 11.2. The van der Waals surface area contributed by atoms with E-state index in [4.69, 9.17) is 21.5 Å². The lowest BCUT2D eigenvalue weighted by Crippen LogP contribution is -2.43. The molecule has 3 amide bonds. The number of rotatable bonds is 4. The average Bonchev–Trinajstić information content (AvgIpc) is 3.07. The minimum atomic E-state index is -5.08. The van der Waals surface area contributed by atoms with Gasteiger partial charge in [-0.15, -0.1) is 0 Å². The summed E-state index contributed by atoms with van der Waals surface area (Å²) in [7, 11) is 0. The number of likely N-dealkylation sites (tertiary alicyclic amines) is 1. The van der Waals surface area contributed by atoms with Crippen molar-refractivity contribution in [3.05, 3.63) is 95.1 Å². The molecule has 0 aliphatic carbocycles. The van der Waals surface area contributed by atoms with E-state index in [2.05, 4.69) is 43.4 Å². The number of nitrogens with one attached hydrogen (secondary N) is 4. The molecule has 256 valence electrons. The molecule has 2 aliphatic rings. The molecule has 0 radical (unpaired) electrons. The zero-order valence-corrected chi connectivity index (χ0v) is 26.8. The van der Waals surface area contributed by atoms with Crippen molar-refractivity contribution in [2.24, 2.45) is 5.92 Å². The van der Waals surface area contributed by atoms with Gasteiger partial charge in [-0.25, -0.2) is 14.6 Å². The molecule has 3 heterocycles. The number of carbonyl (C=O) groups is 3. The number of carboxylic acid groups (broad SMARTS) is 1. The van der Waals surface area contributed by atoms with Crippen molar-refractivity contribution < 1.29 is 32.7 Å². The summed E-state index contributed by atoms with van der Waals surface area (Å²) in [5, 5.41) is 20.2. The second-order valence-electron chi connectivity index (χ2n) is 11.5. The quantitative estimate of drug-likeness (QED) is 0.146. The molecule has 0 saturated carbocycles. The number of nitrogens with zero attached hydrogens (tertiary/aromatic N) is 3. The SMILES string of the molecule is O=C(C[C@H]1CCCN(C(=O)Nc2ccccc2)C1)Nc1ccc2cc1CCc1cccc(c1)Nc1ncc(Cl)c(n1)N2.O=C(O)C(F)(F)F. The van der Waals surface area contributed by atoms with E-state index in [-0.39, 0.29) is 17.9 Å². The van der Waals surface area contributed by atoms with Crippen LogP contribution in [0.5, 0.6) is 0 Å². The number of aliphatic carboxylic acids is 1. The number of anilines is 6. The zero-order chi connectivity index (χ0) is 35.0. The highest BCUT2D eigenvalue weighted by Gasteiger charge is 2.38. The van der Waals surface area contributed by atoms with Gasteiger partial charge in [0.2, 0.25) is 11.9 Å². The number of fused-ring (bicyclic) bond motifs is 6. The average molecular weight is 696 g/mol. The molecule has 6 rings (SSSR count). The van der Waals surface area contributed by atoms with E-state index in [0.29, 0.717) is 36.3 Å². The maximum Gasteiger partial charge on any atom is 0.490 e. The molecule has 1 fully saturated rings. The summed E-state index contributed by atoms with van der Waals surface area (Å²) in [6, 6.07) is 23.3. The molecule has 15 heteroatoms. The van der Waals surface area contributed by atoms with Gasteiger partial charge in [-0.05, 0) is 85.2 Å². The van der Waals surface area contributed by atoms with Gasteiger partial charge in [0.15, 0.2) is 5.82 Å². The van der Waals surface area contributed by atoms with E-state index >= 15 is 0 Å². The van der Waals surface area contributed by atoms with Crippen LogP contribution >= 0.6 is 11.6 Å². The molecule has 0 unspecified atom stereocenters.